The Morgan fingerprint density at radius 2 is 2.05 bits per heavy atom. The molecule has 7 heteroatoms. The van der Waals surface area contributed by atoms with Crippen LogP contribution in [0.4, 0.5) is 0 Å². The van der Waals surface area contributed by atoms with E-state index in [-0.39, 0.29) is 6.54 Å². The van der Waals surface area contributed by atoms with Gasteiger partial charge in [-0.25, -0.2) is 13.1 Å². The van der Waals surface area contributed by atoms with Gasteiger partial charge in [-0.3, -0.25) is 0 Å². The van der Waals surface area contributed by atoms with Crippen LogP contribution in [-0.2, 0) is 21.3 Å². The maximum absolute atomic E-state index is 12.5. The van der Waals surface area contributed by atoms with Crippen molar-refractivity contribution in [2.75, 3.05) is 20.2 Å². The fraction of sp³-hybridized carbons (Fsp3) is 0.692. The van der Waals surface area contributed by atoms with Crippen molar-refractivity contribution in [3.8, 4) is 0 Å². The fourth-order valence-electron chi connectivity index (χ4n) is 1.91. The summed E-state index contributed by atoms with van der Waals surface area (Å²) in [5.74, 6) is 0. The van der Waals surface area contributed by atoms with Gasteiger partial charge in [0.25, 0.3) is 0 Å². The number of ether oxygens (including phenoxy) is 1. The van der Waals surface area contributed by atoms with Crippen LogP contribution in [0.2, 0.25) is 0 Å². The van der Waals surface area contributed by atoms with Gasteiger partial charge in [0.15, 0.2) is 0 Å². The molecule has 0 unspecified atom stereocenters. The summed E-state index contributed by atoms with van der Waals surface area (Å²) >= 11 is 1.46. The van der Waals surface area contributed by atoms with Crippen LogP contribution in [0.1, 0.15) is 31.2 Å². The van der Waals surface area contributed by atoms with Gasteiger partial charge in [-0.05, 0) is 45.7 Å². The van der Waals surface area contributed by atoms with Gasteiger partial charge in [0.2, 0.25) is 10.0 Å². The van der Waals surface area contributed by atoms with Crippen LogP contribution in [0.3, 0.4) is 0 Å². The van der Waals surface area contributed by atoms with Crippen molar-refractivity contribution in [3.63, 3.8) is 0 Å². The van der Waals surface area contributed by atoms with Gasteiger partial charge in [-0.2, -0.15) is 0 Å². The van der Waals surface area contributed by atoms with Crippen LogP contribution in [0.25, 0.3) is 0 Å². The van der Waals surface area contributed by atoms with E-state index in [1.807, 2.05) is 33.1 Å². The molecule has 116 valence electrons. The average molecular weight is 320 g/mol. The first-order valence-corrected chi connectivity index (χ1v) is 8.95. The van der Waals surface area contributed by atoms with Crippen molar-refractivity contribution < 1.29 is 13.2 Å². The first-order chi connectivity index (χ1) is 9.23. The second-order valence-corrected chi connectivity index (χ2v) is 7.89. The largest absolute Gasteiger partial charge is 0.375 e. The highest BCUT2D eigenvalue weighted by atomic mass is 32.2. The fourth-order valence-corrected chi connectivity index (χ4v) is 4.93. The van der Waals surface area contributed by atoms with E-state index in [0.29, 0.717) is 18.0 Å². The molecule has 0 amide bonds. The Bertz CT molecular complexity index is 536. The van der Waals surface area contributed by atoms with Gasteiger partial charge in [0, 0.05) is 24.6 Å². The molecule has 0 aliphatic rings. The summed E-state index contributed by atoms with van der Waals surface area (Å²) in [6.07, 6.45) is 0. The van der Waals surface area contributed by atoms with E-state index in [4.69, 9.17) is 4.74 Å². The van der Waals surface area contributed by atoms with Crippen LogP contribution in [0.15, 0.2) is 10.3 Å². The minimum atomic E-state index is -3.51. The van der Waals surface area contributed by atoms with E-state index >= 15 is 0 Å². The standard InChI is InChI=1S/C13H24N2O3S2/c1-6-18-13(3,4)9-15-20(16,17)12-10(2)8-19-11(12)7-14-5/h8,14-15H,6-7,9H2,1-5H3. The molecule has 0 aliphatic carbocycles. The number of aryl methyl sites for hydroxylation is 1. The van der Waals surface area contributed by atoms with Crippen LogP contribution < -0.4 is 10.0 Å². The molecule has 1 aromatic rings. The Labute approximate surface area is 125 Å². The lowest BCUT2D eigenvalue weighted by Crippen LogP contribution is -2.40. The van der Waals surface area contributed by atoms with E-state index in [9.17, 15) is 8.42 Å². The van der Waals surface area contributed by atoms with Crippen molar-refractivity contribution in [2.24, 2.45) is 0 Å². The van der Waals surface area contributed by atoms with Gasteiger partial charge in [0.1, 0.15) is 4.90 Å². The van der Waals surface area contributed by atoms with Crippen LogP contribution >= 0.6 is 11.3 Å². The average Bonchev–Trinajstić information content (AvgIpc) is 2.70. The summed E-state index contributed by atoms with van der Waals surface area (Å²) in [5, 5.41) is 4.87. The molecule has 0 spiro atoms. The van der Waals surface area contributed by atoms with Crippen LogP contribution in [-0.4, -0.2) is 34.2 Å². The molecule has 2 N–H and O–H groups in total. The van der Waals surface area contributed by atoms with Crippen molar-refractivity contribution in [1.29, 1.82) is 0 Å². The predicted octanol–water partition coefficient (Wildman–Crippen LogP) is 1.87. The summed E-state index contributed by atoms with van der Waals surface area (Å²) in [6, 6.07) is 0. The first-order valence-electron chi connectivity index (χ1n) is 6.58. The van der Waals surface area contributed by atoms with Gasteiger partial charge in [0.05, 0.1) is 5.60 Å². The lowest BCUT2D eigenvalue weighted by molar-refractivity contribution is -0.00515. The minimum Gasteiger partial charge on any atom is -0.375 e. The number of hydrogen-bond donors (Lipinski definition) is 2. The molecule has 0 saturated heterocycles. The molecule has 1 heterocycles. The second-order valence-electron chi connectivity index (χ2n) is 5.22. The zero-order valence-corrected chi connectivity index (χ0v) is 14.4. The van der Waals surface area contributed by atoms with Crippen molar-refractivity contribution in [2.45, 2.75) is 44.7 Å². The predicted molar refractivity (Wildman–Crippen MR) is 82.7 cm³/mol. The Morgan fingerprint density at radius 1 is 1.40 bits per heavy atom. The molecule has 0 radical (unpaired) electrons. The summed E-state index contributed by atoms with van der Waals surface area (Å²) < 4.78 is 33.1. The van der Waals surface area contributed by atoms with Gasteiger partial charge in [-0.1, -0.05) is 0 Å². The van der Waals surface area contributed by atoms with E-state index in [2.05, 4.69) is 10.0 Å². The Morgan fingerprint density at radius 3 is 2.60 bits per heavy atom. The molecule has 0 fully saturated rings. The quantitative estimate of drug-likeness (QED) is 0.767. The number of rotatable bonds is 8. The molecule has 0 aromatic carbocycles. The molecular formula is C13H24N2O3S2. The lowest BCUT2D eigenvalue weighted by Gasteiger charge is -2.25. The van der Waals surface area contributed by atoms with Crippen LogP contribution in [0, 0.1) is 6.92 Å². The highest BCUT2D eigenvalue weighted by Crippen LogP contribution is 2.26. The summed E-state index contributed by atoms with van der Waals surface area (Å²) in [4.78, 5) is 1.22. The van der Waals surface area contributed by atoms with Crippen molar-refractivity contribution >= 4 is 21.4 Å². The van der Waals surface area contributed by atoms with E-state index in [0.717, 1.165) is 10.4 Å². The van der Waals surface area contributed by atoms with Crippen molar-refractivity contribution in [1.82, 2.24) is 10.0 Å². The highest BCUT2D eigenvalue weighted by Gasteiger charge is 2.26. The normalized spacial score (nSPS) is 12.8. The van der Waals surface area contributed by atoms with Gasteiger partial charge < -0.3 is 10.1 Å². The zero-order chi connectivity index (χ0) is 15.4. The molecule has 20 heavy (non-hydrogen) atoms. The van der Waals surface area contributed by atoms with E-state index in [1.54, 1.807) is 7.05 Å². The molecule has 0 bridgehead atoms. The lowest BCUT2D eigenvalue weighted by atomic mass is 10.1. The summed E-state index contributed by atoms with van der Waals surface area (Å²) in [7, 11) is -1.71. The molecule has 5 nitrogen and oxygen atoms in total. The van der Waals surface area contributed by atoms with Gasteiger partial charge >= 0.3 is 0 Å². The Hall–Kier alpha value is -0.470. The molecular weight excluding hydrogens is 296 g/mol. The zero-order valence-electron chi connectivity index (χ0n) is 12.7. The third kappa shape index (κ3) is 4.53. The van der Waals surface area contributed by atoms with Crippen molar-refractivity contribution in [3.05, 3.63) is 15.8 Å². The van der Waals surface area contributed by atoms with Gasteiger partial charge in [-0.15, -0.1) is 11.3 Å². The Kier molecular flexibility index (Phi) is 6.15. The van der Waals surface area contributed by atoms with Crippen LogP contribution in [0.5, 0.6) is 0 Å². The van der Waals surface area contributed by atoms with E-state index < -0.39 is 15.6 Å². The topological polar surface area (TPSA) is 67.4 Å². The first kappa shape index (κ1) is 17.6. The Balaban J connectivity index is 2.92. The number of hydrogen-bond acceptors (Lipinski definition) is 5. The number of nitrogens with one attached hydrogen (secondary N) is 2. The smallest absolute Gasteiger partial charge is 0.242 e. The minimum absolute atomic E-state index is 0.247. The second kappa shape index (κ2) is 7.00. The maximum Gasteiger partial charge on any atom is 0.242 e. The summed E-state index contributed by atoms with van der Waals surface area (Å²) in [5.41, 5.74) is 0.261. The number of thiophene rings is 1. The maximum atomic E-state index is 12.5. The molecule has 1 aromatic heterocycles. The molecule has 0 aliphatic heterocycles. The molecule has 0 atom stereocenters. The monoisotopic (exact) mass is 320 g/mol. The third-order valence-electron chi connectivity index (χ3n) is 2.82. The highest BCUT2D eigenvalue weighted by molar-refractivity contribution is 7.89. The van der Waals surface area contributed by atoms with E-state index in [1.165, 1.54) is 11.3 Å². The number of sulfonamides is 1. The SMILES string of the molecule is CCOC(C)(C)CNS(=O)(=O)c1c(C)csc1CNC. The summed E-state index contributed by atoms with van der Waals surface area (Å²) in [6.45, 7) is 8.79. The molecule has 0 saturated carbocycles. The third-order valence-corrected chi connectivity index (χ3v) is 5.68. The molecule has 1 rings (SSSR count).